The topological polar surface area (TPSA) is 98.5 Å². The standard InChI is InChI=1S/C12H13FN2O4S/c1-15(7-3-6-12(16)17)20(18,19)11-5-2-4-10(13)9(11)8-14/h2,4-5H,3,6-7H2,1H3,(H,16,17). The van der Waals surface area contributed by atoms with Crippen molar-refractivity contribution in [2.45, 2.75) is 17.7 Å². The maximum Gasteiger partial charge on any atom is 0.303 e. The minimum absolute atomic E-state index is 0.0317. The Balaban J connectivity index is 3.03. The van der Waals surface area contributed by atoms with Gasteiger partial charge in [-0.25, -0.2) is 17.1 Å². The van der Waals surface area contributed by atoms with Crippen molar-refractivity contribution in [3.05, 3.63) is 29.6 Å². The monoisotopic (exact) mass is 300 g/mol. The van der Waals surface area contributed by atoms with Crippen LogP contribution >= 0.6 is 0 Å². The molecule has 8 heteroatoms. The molecule has 0 aromatic heterocycles. The molecule has 6 nitrogen and oxygen atoms in total. The Hall–Kier alpha value is -1.98. The van der Waals surface area contributed by atoms with Crippen LogP contribution < -0.4 is 0 Å². The van der Waals surface area contributed by atoms with Crippen LogP contribution in [0, 0.1) is 17.1 Å². The Morgan fingerprint density at radius 1 is 1.50 bits per heavy atom. The predicted octanol–water partition coefficient (Wildman–Crippen LogP) is 1.18. The summed E-state index contributed by atoms with van der Waals surface area (Å²) in [7, 11) is -2.77. The second-order valence-corrected chi connectivity index (χ2v) is 6.06. The quantitative estimate of drug-likeness (QED) is 0.850. The lowest BCUT2D eigenvalue weighted by Gasteiger charge is -2.17. The third-order valence-corrected chi connectivity index (χ3v) is 4.54. The molecule has 0 spiro atoms. The van der Waals surface area contributed by atoms with Crippen molar-refractivity contribution in [3.63, 3.8) is 0 Å². The van der Waals surface area contributed by atoms with Crippen molar-refractivity contribution < 1.29 is 22.7 Å². The molecule has 1 aromatic carbocycles. The summed E-state index contributed by atoms with van der Waals surface area (Å²) in [4.78, 5) is 9.97. The second kappa shape index (κ2) is 6.45. The molecule has 0 bridgehead atoms. The van der Waals surface area contributed by atoms with E-state index in [1.807, 2.05) is 0 Å². The van der Waals surface area contributed by atoms with E-state index in [9.17, 15) is 17.6 Å². The molecule has 0 saturated heterocycles. The van der Waals surface area contributed by atoms with E-state index in [1.54, 1.807) is 0 Å². The number of sulfonamides is 1. The highest BCUT2D eigenvalue weighted by molar-refractivity contribution is 7.89. The zero-order valence-electron chi connectivity index (χ0n) is 10.7. The van der Waals surface area contributed by atoms with Gasteiger partial charge in [-0.15, -0.1) is 0 Å². The largest absolute Gasteiger partial charge is 0.481 e. The predicted molar refractivity (Wildman–Crippen MR) is 67.8 cm³/mol. The van der Waals surface area contributed by atoms with Gasteiger partial charge in [0, 0.05) is 20.0 Å². The number of nitrogens with zero attached hydrogens (tertiary/aromatic N) is 2. The Morgan fingerprint density at radius 3 is 2.70 bits per heavy atom. The summed E-state index contributed by atoms with van der Waals surface area (Å²) in [6.45, 7) is -0.0317. The van der Waals surface area contributed by atoms with Crippen molar-refractivity contribution in [2.24, 2.45) is 0 Å². The lowest BCUT2D eigenvalue weighted by atomic mass is 10.2. The molecule has 108 valence electrons. The average Bonchev–Trinajstić information content (AvgIpc) is 2.37. The maximum atomic E-state index is 13.4. The van der Waals surface area contributed by atoms with Crippen LogP contribution in [0.15, 0.2) is 23.1 Å². The molecule has 1 aromatic rings. The van der Waals surface area contributed by atoms with Crippen LogP contribution in [-0.4, -0.2) is 37.4 Å². The smallest absolute Gasteiger partial charge is 0.303 e. The van der Waals surface area contributed by atoms with E-state index in [1.165, 1.54) is 19.2 Å². The van der Waals surface area contributed by atoms with Gasteiger partial charge in [-0.05, 0) is 18.6 Å². The van der Waals surface area contributed by atoms with Gasteiger partial charge < -0.3 is 5.11 Å². The number of carboxylic acid groups (broad SMARTS) is 1. The normalized spacial score (nSPS) is 11.3. The number of benzene rings is 1. The summed E-state index contributed by atoms with van der Waals surface area (Å²) >= 11 is 0. The molecule has 0 aliphatic heterocycles. The van der Waals surface area contributed by atoms with E-state index >= 15 is 0 Å². The fraction of sp³-hybridized carbons (Fsp3) is 0.333. The first-order chi connectivity index (χ1) is 9.30. The number of aliphatic carboxylic acids is 1. The van der Waals surface area contributed by atoms with Crippen molar-refractivity contribution in [3.8, 4) is 6.07 Å². The summed E-state index contributed by atoms with van der Waals surface area (Å²) in [5.74, 6) is -1.94. The lowest BCUT2D eigenvalue weighted by molar-refractivity contribution is -0.137. The van der Waals surface area contributed by atoms with E-state index in [2.05, 4.69) is 0 Å². The minimum Gasteiger partial charge on any atom is -0.481 e. The van der Waals surface area contributed by atoms with Crippen LogP contribution in [0.1, 0.15) is 18.4 Å². The fourth-order valence-corrected chi connectivity index (χ4v) is 2.93. The summed E-state index contributed by atoms with van der Waals surface area (Å²) in [6.07, 6.45) is -0.0453. The molecule has 1 rings (SSSR count). The van der Waals surface area contributed by atoms with E-state index in [4.69, 9.17) is 10.4 Å². The zero-order chi connectivity index (χ0) is 15.3. The number of nitriles is 1. The number of rotatable bonds is 6. The molecule has 0 amide bonds. The van der Waals surface area contributed by atoms with Gasteiger partial charge in [0.2, 0.25) is 10.0 Å². The van der Waals surface area contributed by atoms with Gasteiger partial charge in [0.15, 0.2) is 0 Å². The zero-order valence-corrected chi connectivity index (χ0v) is 11.5. The van der Waals surface area contributed by atoms with Gasteiger partial charge in [-0.1, -0.05) is 6.07 Å². The summed E-state index contributed by atoms with van der Waals surface area (Å²) < 4.78 is 38.7. The third kappa shape index (κ3) is 3.53. The minimum atomic E-state index is -4.02. The Kier molecular flexibility index (Phi) is 5.19. The first kappa shape index (κ1) is 16.1. The Labute approximate surface area is 116 Å². The van der Waals surface area contributed by atoms with Gasteiger partial charge in [-0.3, -0.25) is 4.79 Å². The van der Waals surface area contributed by atoms with Gasteiger partial charge in [0.05, 0.1) is 0 Å². The molecule has 0 heterocycles. The van der Waals surface area contributed by atoms with Gasteiger partial charge in [-0.2, -0.15) is 5.26 Å². The Bertz CT molecular complexity index is 652. The van der Waals surface area contributed by atoms with Gasteiger partial charge >= 0.3 is 5.97 Å². The molecule has 0 atom stereocenters. The molecule has 0 fully saturated rings. The Morgan fingerprint density at radius 2 is 2.15 bits per heavy atom. The van der Waals surface area contributed by atoms with Crippen LogP contribution in [0.5, 0.6) is 0 Å². The molecule has 0 aliphatic carbocycles. The van der Waals surface area contributed by atoms with Gasteiger partial charge in [0.25, 0.3) is 0 Å². The van der Waals surface area contributed by atoms with Crippen LogP contribution in [0.3, 0.4) is 0 Å². The van der Waals surface area contributed by atoms with Crippen molar-refractivity contribution in [2.75, 3.05) is 13.6 Å². The van der Waals surface area contributed by atoms with E-state index < -0.39 is 32.3 Å². The second-order valence-electron chi connectivity index (χ2n) is 4.05. The van der Waals surface area contributed by atoms with E-state index in [0.717, 1.165) is 16.4 Å². The van der Waals surface area contributed by atoms with Crippen LogP contribution in [-0.2, 0) is 14.8 Å². The summed E-state index contributed by atoms with van der Waals surface area (Å²) in [5, 5.41) is 17.3. The maximum absolute atomic E-state index is 13.4. The lowest BCUT2D eigenvalue weighted by Crippen LogP contribution is -2.29. The highest BCUT2D eigenvalue weighted by Gasteiger charge is 2.25. The number of halogens is 1. The van der Waals surface area contributed by atoms with Crippen molar-refractivity contribution >= 4 is 16.0 Å². The van der Waals surface area contributed by atoms with Gasteiger partial charge in [0.1, 0.15) is 22.3 Å². The average molecular weight is 300 g/mol. The highest BCUT2D eigenvalue weighted by atomic mass is 32.2. The third-order valence-electron chi connectivity index (χ3n) is 2.64. The molecular weight excluding hydrogens is 287 g/mol. The number of carbonyl (C=O) groups is 1. The molecule has 0 aliphatic rings. The highest BCUT2D eigenvalue weighted by Crippen LogP contribution is 2.21. The molecule has 0 radical (unpaired) electrons. The molecule has 0 unspecified atom stereocenters. The molecule has 1 N–H and O–H groups in total. The number of carboxylic acids is 1. The first-order valence-corrected chi connectivity index (χ1v) is 7.11. The number of hydrogen-bond acceptors (Lipinski definition) is 4. The van der Waals surface area contributed by atoms with Crippen LogP contribution in [0.2, 0.25) is 0 Å². The van der Waals surface area contributed by atoms with E-state index in [0.29, 0.717) is 0 Å². The first-order valence-electron chi connectivity index (χ1n) is 5.67. The van der Waals surface area contributed by atoms with Crippen molar-refractivity contribution in [1.82, 2.24) is 4.31 Å². The van der Waals surface area contributed by atoms with Crippen LogP contribution in [0.4, 0.5) is 4.39 Å². The fourth-order valence-electron chi connectivity index (χ4n) is 1.57. The summed E-state index contributed by atoms with van der Waals surface area (Å²) in [5.41, 5.74) is -0.544. The van der Waals surface area contributed by atoms with Crippen molar-refractivity contribution in [1.29, 1.82) is 5.26 Å². The number of hydrogen-bond donors (Lipinski definition) is 1. The molecular formula is C12H13FN2O4S. The van der Waals surface area contributed by atoms with E-state index in [-0.39, 0.29) is 19.4 Å². The van der Waals surface area contributed by atoms with Crippen LogP contribution in [0.25, 0.3) is 0 Å². The molecule has 20 heavy (non-hydrogen) atoms. The SMILES string of the molecule is CN(CCCC(=O)O)S(=O)(=O)c1cccc(F)c1C#N. The summed E-state index contributed by atoms with van der Waals surface area (Å²) in [6, 6.07) is 4.87. The molecule has 0 saturated carbocycles.